The highest BCUT2D eigenvalue weighted by atomic mass is 15.1. The molecule has 0 bridgehead atoms. The van der Waals surface area contributed by atoms with E-state index in [1.54, 1.807) is 0 Å². The summed E-state index contributed by atoms with van der Waals surface area (Å²) >= 11 is 0. The molecule has 1 fully saturated rings. The highest BCUT2D eigenvalue weighted by Gasteiger charge is 2.07. The van der Waals surface area contributed by atoms with E-state index in [2.05, 4.69) is 4.90 Å². The Morgan fingerprint density at radius 1 is 1.08 bits per heavy atom. The maximum absolute atomic E-state index is 7.19. The number of rotatable bonds is 2. The maximum atomic E-state index is 7.19. The minimum Gasteiger partial charge on any atom is -0.387 e. The summed E-state index contributed by atoms with van der Waals surface area (Å²) in [5, 5.41) is 7.19. The van der Waals surface area contributed by atoms with Crippen LogP contribution in [0, 0.1) is 5.41 Å². The van der Waals surface area contributed by atoms with Crippen molar-refractivity contribution in [2.75, 3.05) is 19.6 Å². The molecule has 0 saturated carbocycles. The Hall–Kier alpha value is -0.570. The second-order valence-electron chi connectivity index (χ2n) is 3.57. The standard InChI is InChI=1S/C9H19N3/c10-9(11)8-12-6-4-2-1-3-5-7-12/h1-8H2,(H3,10,11). The van der Waals surface area contributed by atoms with Gasteiger partial charge in [0.15, 0.2) is 0 Å². The van der Waals surface area contributed by atoms with Crippen LogP contribution < -0.4 is 5.73 Å². The summed E-state index contributed by atoms with van der Waals surface area (Å²) in [6.07, 6.45) is 6.61. The molecule has 1 saturated heterocycles. The lowest BCUT2D eigenvalue weighted by molar-refractivity contribution is 0.277. The monoisotopic (exact) mass is 169 g/mol. The lowest BCUT2D eigenvalue weighted by Gasteiger charge is -2.23. The molecular formula is C9H19N3. The minimum atomic E-state index is 0.301. The first kappa shape index (κ1) is 9.52. The third kappa shape index (κ3) is 3.72. The second kappa shape index (κ2) is 5.14. The summed E-state index contributed by atoms with van der Waals surface area (Å²) in [7, 11) is 0. The Bertz CT molecular complexity index is 137. The van der Waals surface area contributed by atoms with Gasteiger partial charge in [-0.3, -0.25) is 10.3 Å². The Balaban J connectivity index is 2.24. The molecule has 0 aromatic heterocycles. The first-order valence-corrected chi connectivity index (χ1v) is 4.84. The van der Waals surface area contributed by atoms with Crippen LogP contribution >= 0.6 is 0 Å². The van der Waals surface area contributed by atoms with Crippen molar-refractivity contribution in [2.24, 2.45) is 5.73 Å². The van der Waals surface area contributed by atoms with Crippen molar-refractivity contribution in [1.29, 1.82) is 5.41 Å². The van der Waals surface area contributed by atoms with Gasteiger partial charge < -0.3 is 5.73 Å². The van der Waals surface area contributed by atoms with E-state index < -0.39 is 0 Å². The van der Waals surface area contributed by atoms with E-state index >= 15 is 0 Å². The van der Waals surface area contributed by atoms with Crippen LogP contribution in [0.25, 0.3) is 0 Å². The minimum absolute atomic E-state index is 0.301. The Kier molecular flexibility index (Phi) is 4.08. The van der Waals surface area contributed by atoms with E-state index in [0.29, 0.717) is 12.4 Å². The maximum Gasteiger partial charge on any atom is 0.105 e. The molecule has 0 atom stereocenters. The van der Waals surface area contributed by atoms with Crippen LogP contribution in [0.2, 0.25) is 0 Å². The molecule has 0 spiro atoms. The molecule has 3 nitrogen and oxygen atoms in total. The van der Waals surface area contributed by atoms with Crippen LogP contribution in [-0.2, 0) is 0 Å². The molecule has 12 heavy (non-hydrogen) atoms. The SMILES string of the molecule is N=C(N)CN1CCCCCCC1. The largest absolute Gasteiger partial charge is 0.387 e. The van der Waals surface area contributed by atoms with Crippen LogP contribution in [-0.4, -0.2) is 30.4 Å². The van der Waals surface area contributed by atoms with Gasteiger partial charge in [0.2, 0.25) is 0 Å². The number of hydrogen-bond donors (Lipinski definition) is 2. The molecule has 1 heterocycles. The molecule has 1 aliphatic heterocycles. The zero-order valence-electron chi connectivity index (χ0n) is 7.68. The molecule has 0 amide bonds. The molecule has 0 radical (unpaired) electrons. The van der Waals surface area contributed by atoms with Crippen molar-refractivity contribution in [2.45, 2.75) is 32.1 Å². The number of nitrogens with zero attached hydrogens (tertiary/aromatic N) is 1. The van der Waals surface area contributed by atoms with Crippen molar-refractivity contribution < 1.29 is 0 Å². The highest BCUT2D eigenvalue weighted by Crippen LogP contribution is 2.09. The van der Waals surface area contributed by atoms with Crippen molar-refractivity contribution in [3.8, 4) is 0 Å². The molecule has 1 rings (SSSR count). The van der Waals surface area contributed by atoms with Crippen molar-refractivity contribution in [1.82, 2.24) is 4.90 Å². The lowest BCUT2D eigenvalue weighted by atomic mass is 10.1. The Labute approximate surface area is 74.4 Å². The Morgan fingerprint density at radius 3 is 2.08 bits per heavy atom. The quantitative estimate of drug-likeness (QED) is 0.482. The van der Waals surface area contributed by atoms with Gasteiger partial charge in [0, 0.05) is 0 Å². The van der Waals surface area contributed by atoms with Crippen molar-refractivity contribution in [3.05, 3.63) is 0 Å². The number of likely N-dealkylation sites (tertiary alicyclic amines) is 1. The average Bonchev–Trinajstić information content (AvgIpc) is 1.93. The summed E-state index contributed by atoms with van der Waals surface area (Å²) in [5.74, 6) is 0.301. The van der Waals surface area contributed by atoms with Gasteiger partial charge in [-0.25, -0.2) is 0 Å². The van der Waals surface area contributed by atoms with Gasteiger partial charge in [-0.15, -0.1) is 0 Å². The predicted octanol–water partition coefficient (Wildman–Crippen LogP) is 1.19. The van der Waals surface area contributed by atoms with Gasteiger partial charge >= 0.3 is 0 Å². The summed E-state index contributed by atoms with van der Waals surface area (Å²) in [6.45, 7) is 2.92. The summed E-state index contributed by atoms with van der Waals surface area (Å²) in [6, 6.07) is 0. The molecule has 1 aliphatic rings. The fourth-order valence-electron chi connectivity index (χ4n) is 1.71. The van der Waals surface area contributed by atoms with Gasteiger partial charge in [-0.05, 0) is 25.9 Å². The molecule has 0 unspecified atom stereocenters. The molecule has 70 valence electrons. The zero-order valence-corrected chi connectivity index (χ0v) is 7.68. The molecule has 0 aliphatic carbocycles. The normalized spacial score (nSPS) is 21.3. The van der Waals surface area contributed by atoms with Crippen LogP contribution in [0.1, 0.15) is 32.1 Å². The first-order valence-electron chi connectivity index (χ1n) is 4.84. The highest BCUT2D eigenvalue weighted by molar-refractivity contribution is 5.78. The van der Waals surface area contributed by atoms with E-state index in [-0.39, 0.29) is 0 Å². The van der Waals surface area contributed by atoms with E-state index in [1.165, 1.54) is 32.1 Å². The molecule has 3 N–H and O–H groups in total. The number of nitrogens with one attached hydrogen (secondary N) is 1. The van der Waals surface area contributed by atoms with E-state index in [1.807, 2.05) is 0 Å². The van der Waals surface area contributed by atoms with Gasteiger partial charge in [0.1, 0.15) is 5.84 Å². The molecular weight excluding hydrogens is 150 g/mol. The van der Waals surface area contributed by atoms with Crippen LogP contribution in [0.4, 0.5) is 0 Å². The topological polar surface area (TPSA) is 53.1 Å². The first-order chi connectivity index (χ1) is 5.79. The van der Waals surface area contributed by atoms with E-state index in [0.717, 1.165) is 13.1 Å². The van der Waals surface area contributed by atoms with Crippen LogP contribution in [0.5, 0.6) is 0 Å². The number of nitrogens with two attached hydrogens (primary N) is 1. The third-order valence-corrected chi connectivity index (χ3v) is 2.34. The fourth-order valence-corrected chi connectivity index (χ4v) is 1.71. The molecule has 0 aromatic carbocycles. The smallest absolute Gasteiger partial charge is 0.105 e. The van der Waals surface area contributed by atoms with Gasteiger partial charge in [-0.2, -0.15) is 0 Å². The summed E-state index contributed by atoms with van der Waals surface area (Å²) in [5.41, 5.74) is 5.35. The van der Waals surface area contributed by atoms with E-state index in [9.17, 15) is 0 Å². The predicted molar refractivity (Wildman–Crippen MR) is 51.4 cm³/mol. The van der Waals surface area contributed by atoms with Crippen LogP contribution in [0.3, 0.4) is 0 Å². The Morgan fingerprint density at radius 2 is 1.58 bits per heavy atom. The van der Waals surface area contributed by atoms with E-state index in [4.69, 9.17) is 11.1 Å². The van der Waals surface area contributed by atoms with Gasteiger partial charge in [-0.1, -0.05) is 19.3 Å². The van der Waals surface area contributed by atoms with Crippen molar-refractivity contribution in [3.63, 3.8) is 0 Å². The lowest BCUT2D eigenvalue weighted by Crippen LogP contribution is -2.35. The molecule has 3 heteroatoms. The third-order valence-electron chi connectivity index (χ3n) is 2.34. The van der Waals surface area contributed by atoms with Crippen molar-refractivity contribution >= 4 is 5.84 Å². The van der Waals surface area contributed by atoms with Gasteiger partial charge in [0.05, 0.1) is 6.54 Å². The van der Waals surface area contributed by atoms with Gasteiger partial charge in [0.25, 0.3) is 0 Å². The second-order valence-corrected chi connectivity index (χ2v) is 3.57. The number of amidine groups is 1. The zero-order chi connectivity index (χ0) is 8.81. The summed E-state index contributed by atoms with van der Waals surface area (Å²) < 4.78 is 0. The average molecular weight is 169 g/mol. The fraction of sp³-hybridized carbons (Fsp3) is 0.889. The number of hydrogen-bond acceptors (Lipinski definition) is 2. The van der Waals surface area contributed by atoms with Crippen LogP contribution in [0.15, 0.2) is 0 Å². The summed E-state index contributed by atoms with van der Waals surface area (Å²) in [4.78, 5) is 2.29. The molecule has 0 aromatic rings.